The molecule has 0 aliphatic rings. The molecule has 1 aromatic carbocycles. The van der Waals surface area contributed by atoms with Crippen molar-refractivity contribution in [1.29, 1.82) is 0 Å². The summed E-state index contributed by atoms with van der Waals surface area (Å²) < 4.78 is 21.0. The highest BCUT2D eigenvalue weighted by atomic mass is 19.1. The summed E-state index contributed by atoms with van der Waals surface area (Å²) in [5, 5.41) is 0. The second-order valence-corrected chi connectivity index (χ2v) is 4.45. The van der Waals surface area contributed by atoms with Crippen molar-refractivity contribution in [3.63, 3.8) is 0 Å². The van der Waals surface area contributed by atoms with Crippen LogP contribution in [0.2, 0.25) is 0 Å². The Morgan fingerprint density at radius 3 is 2.95 bits per heavy atom. The van der Waals surface area contributed by atoms with Crippen molar-refractivity contribution in [1.82, 2.24) is 9.55 Å². The summed E-state index contributed by atoms with van der Waals surface area (Å²) in [6.45, 7) is 4.20. The Kier molecular flexibility index (Phi) is 3.94. The summed E-state index contributed by atoms with van der Waals surface area (Å²) in [5.74, 6) is -0.561. The lowest BCUT2D eigenvalue weighted by Crippen LogP contribution is -2.08. The average Bonchev–Trinajstić information content (AvgIpc) is 2.85. The number of ether oxygens (including phenoxy) is 1. The molecule has 4 nitrogen and oxygen atoms in total. The first-order valence-electron chi connectivity index (χ1n) is 6.00. The Bertz CT molecular complexity index is 579. The maximum absolute atomic E-state index is 13.6. The van der Waals surface area contributed by atoms with Gasteiger partial charge in [-0.25, -0.2) is 9.37 Å². The van der Waals surface area contributed by atoms with Crippen LogP contribution in [0.25, 0.3) is 0 Å². The molecule has 0 spiro atoms. The molecule has 0 saturated heterocycles. The number of halogens is 1. The Hall–Kier alpha value is -2.17. The summed E-state index contributed by atoms with van der Waals surface area (Å²) in [6.07, 6.45) is 3.95. The number of carbonyl (C=O) groups is 1. The number of rotatable bonds is 5. The van der Waals surface area contributed by atoms with Gasteiger partial charge in [0.05, 0.1) is 23.8 Å². The van der Waals surface area contributed by atoms with Crippen molar-refractivity contribution in [2.24, 2.45) is 0 Å². The quantitative estimate of drug-likeness (QED) is 0.778. The number of aldehydes is 1. The number of hydrogen-bond donors (Lipinski definition) is 0. The number of benzene rings is 1. The van der Waals surface area contributed by atoms with E-state index in [1.165, 1.54) is 18.2 Å². The van der Waals surface area contributed by atoms with Crippen molar-refractivity contribution < 1.29 is 13.9 Å². The standard InChI is InChI=1S/C14H15FN2O2/c1-10(2)17-9-16-6-12(17)8-19-14-11(7-18)4-3-5-13(14)15/h3-7,9-10H,8H2,1-2H3. The molecule has 1 aromatic heterocycles. The van der Waals surface area contributed by atoms with Crippen LogP contribution in [-0.2, 0) is 6.61 Å². The van der Waals surface area contributed by atoms with Crippen molar-refractivity contribution in [3.05, 3.63) is 47.8 Å². The van der Waals surface area contributed by atoms with Gasteiger partial charge in [-0.05, 0) is 26.0 Å². The van der Waals surface area contributed by atoms with Crippen LogP contribution in [0.4, 0.5) is 4.39 Å². The maximum atomic E-state index is 13.6. The average molecular weight is 262 g/mol. The normalized spacial score (nSPS) is 10.7. The minimum absolute atomic E-state index is 0.0194. The molecule has 0 fully saturated rings. The molecule has 0 atom stereocenters. The van der Waals surface area contributed by atoms with Crippen molar-refractivity contribution in [2.45, 2.75) is 26.5 Å². The Morgan fingerprint density at radius 2 is 2.26 bits per heavy atom. The fourth-order valence-corrected chi connectivity index (χ4v) is 1.83. The minimum atomic E-state index is -0.541. The second-order valence-electron chi connectivity index (χ2n) is 4.45. The third kappa shape index (κ3) is 2.81. The molecule has 5 heteroatoms. The number of aromatic nitrogens is 2. The van der Waals surface area contributed by atoms with Gasteiger partial charge in [0, 0.05) is 6.04 Å². The van der Waals surface area contributed by atoms with Gasteiger partial charge in [0.2, 0.25) is 0 Å². The highest BCUT2D eigenvalue weighted by Gasteiger charge is 2.11. The molecule has 1 heterocycles. The highest BCUT2D eigenvalue weighted by Crippen LogP contribution is 2.22. The SMILES string of the molecule is CC(C)n1cncc1COc1c(F)cccc1C=O. The van der Waals surface area contributed by atoms with E-state index in [0.717, 1.165) is 5.69 Å². The molecule has 0 aliphatic heterocycles. The van der Waals surface area contributed by atoms with Crippen LogP contribution in [0.3, 0.4) is 0 Å². The number of nitrogens with zero attached hydrogens (tertiary/aromatic N) is 2. The van der Waals surface area contributed by atoms with Gasteiger partial charge < -0.3 is 9.30 Å². The van der Waals surface area contributed by atoms with E-state index in [9.17, 15) is 9.18 Å². The van der Waals surface area contributed by atoms with Crippen LogP contribution in [0, 0.1) is 5.82 Å². The molecular weight excluding hydrogens is 247 g/mol. The van der Waals surface area contributed by atoms with Gasteiger partial charge in [0.25, 0.3) is 0 Å². The van der Waals surface area contributed by atoms with E-state index >= 15 is 0 Å². The molecule has 0 aliphatic carbocycles. The van der Waals surface area contributed by atoms with E-state index in [2.05, 4.69) is 4.98 Å². The van der Waals surface area contributed by atoms with Crippen molar-refractivity contribution >= 4 is 6.29 Å². The zero-order chi connectivity index (χ0) is 13.8. The molecule has 100 valence electrons. The van der Waals surface area contributed by atoms with Crippen LogP contribution in [0.5, 0.6) is 5.75 Å². The first-order chi connectivity index (χ1) is 9.13. The van der Waals surface area contributed by atoms with Gasteiger partial charge in [-0.1, -0.05) is 6.07 Å². The molecule has 0 unspecified atom stereocenters. The molecule has 0 amide bonds. The van der Waals surface area contributed by atoms with Crippen LogP contribution in [-0.4, -0.2) is 15.8 Å². The number of para-hydroxylation sites is 1. The number of imidazole rings is 1. The lowest BCUT2D eigenvalue weighted by atomic mass is 10.2. The van der Waals surface area contributed by atoms with Gasteiger partial charge >= 0.3 is 0 Å². The fourth-order valence-electron chi connectivity index (χ4n) is 1.83. The zero-order valence-corrected chi connectivity index (χ0v) is 10.8. The lowest BCUT2D eigenvalue weighted by molar-refractivity contribution is 0.111. The Labute approximate surface area is 110 Å². The van der Waals surface area contributed by atoms with Gasteiger partial charge in [-0.3, -0.25) is 4.79 Å². The van der Waals surface area contributed by atoms with E-state index in [0.29, 0.717) is 6.29 Å². The summed E-state index contributed by atoms with van der Waals surface area (Å²) in [5.41, 5.74) is 1.03. The van der Waals surface area contributed by atoms with Crippen molar-refractivity contribution in [2.75, 3.05) is 0 Å². The summed E-state index contributed by atoms with van der Waals surface area (Å²) in [6, 6.07) is 4.50. The monoisotopic (exact) mass is 262 g/mol. The van der Waals surface area contributed by atoms with Crippen LogP contribution in [0.15, 0.2) is 30.7 Å². The second kappa shape index (κ2) is 5.65. The van der Waals surface area contributed by atoms with Crippen molar-refractivity contribution in [3.8, 4) is 5.75 Å². The van der Waals surface area contributed by atoms with E-state index in [-0.39, 0.29) is 24.0 Å². The third-order valence-electron chi connectivity index (χ3n) is 2.79. The molecule has 19 heavy (non-hydrogen) atoms. The molecule has 0 bridgehead atoms. The summed E-state index contributed by atoms with van der Waals surface area (Å²) >= 11 is 0. The first-order valence-corrected chi connectivity index (χ1v) is 6.00. The predicted octanol–water partition coefficient (Wildman–Crippen LogP) is 2.99. The topological polar surface area (TPSA) is 44.1 Å². The van der Waals surface area contributed by atoms with E-state index < -0.39 is 5.82 Å². The van der Waals surface area contributed by atoms with E-state index in [1.54, 1.807) is 12.5 Å². The van der Waals surface area contributed by atoms with Gasteiger partial charge in [-0.2, -0.15) is 0 Å². The number of carbonyl (C=O) groups excluding carboxylic acids is 1. The van der Waals surface area contributed by atoms with Crippen LogP contribution >= 0.6 is 0 Å². The Morgan fingerprint density at radius 1 is 1.47 bits per heavy atom. The predicted molar refractivity (Wildman–Crippen MR) is 68.7 cm³/mol. The van der Waals surface area contributed by atoms with Gasteiger partial charge in [-0.15, -0.1) is 0 Å². The fraction of sp³-hybridized carbons (Fsp3) is 0.286. The van der Waals surface area contributed by atoms with Gasteiger partial charge in [0.15, 0.2) is 17.9 Å². The first kappa shape index (κ1) is 13.3. The smallest absolute Gasteiger partial charge is 0.166 e. The molecular formula is C14H15FN2O2. The maximum Gasteiger partial charge on any atom is 0.166 e. The minimum Gasteiger partial charge on any atom is -0.483 e. The van der Waals surface area contributed by atoms with Gasteiger partial charge in [0.1, 0.15) is 6.61 Å². The third-order valence-corrected chi connectivity index (χ3v) is 2.79. The number of hydrogen-bond acceptors (Lipinski definition) is 3. The van der Waals surface area contributed by atoms with E-state index in [4.69, 9.17) is 4.74 Å². The molecule has 2 rings (SSSR count). The molecule has 0 radical (unpaired) electrons. The van der Waals surface area contributed by atoms with E-state index in [1.807, 2.05) is 18.4 Å². The lowest BCUT2D eigenvalue weighted by Gasteiger charge is -2.13. The van der Waals surface area contributed by atoms with Crippen LogP contribution in [0.1, 0.15) is 35.9 Å². The highest BCUT2D eigenvalue weighted by molar-refractivity contribution is 5.79. The molecule has 0 saturated carbocycles. The summed E-state index contributed by atoms with van der Waals surface area (Å²) in [4.78, 5) is 14.9. The Balaban J connectivity index is 2.19. The largest absolute Gasteiger partial charge is 0.483 e. The molecule has 2 aromatic rings. The van der Waals surface area contributed by atoms with Crippen LogP contribution < -0.4 is 4.74 Å². The summed E-state index contributed by atoms with van der Waals surface area (Å²) in [7, 11) is 0. The molecule has 0 N–H and O–H groups in total. The zero-order valence-electron chi connectivity index (χ0n) is 10.8.